The van der Waals surface area contributed by atoms with Gasteiger partial charge in [0.05, 0.1) is 30.9 Å². The van der Waals surface area contributed by atoms with E-state index >= 15 is 0 Å². The largest absolute Gasteiger partial charge is 0.493 e. The van der Waals surface area contributed by atoms with Crippen LogP contribution in [0.3, 0.4) is 0 Å². The number of amides is 1. The van der Waals surface area contributed by atoms with Gasteiger partial charge in [-0.2, -0.15) is 0 Å². The van der Waals surface area contributed by atoms with E-state index in [1.165, 1.54) is 0 Å². The molecule has 0 radical (unpaired) electrons. The van der Waals surface area contributed by atoms with Crippen LogP contribution in [0.5, 0.6) is 11.5 Å². The molecule has 0 fully saturated rings. The van der Waals surface area contributed by atoms with Crippen LogP contribution < -0.4 is 19.7 Å². The first-order valence-electron chi connectivity index (χ1n) is 13.6. The summed E-state index contributed by atoms with van der Waals surface area (Å²) >= 11 is 0. The van der Waals surface area contributed by atoms with Crippen molar-refractivity contribution in [1.82, 2.24) is 10.2 Å². The fourth-order valence-corrected chi connectivity index (χ4v) is 5.16. The number of Topliss-reactive ketones (excluding diaryl/α,β-unsaturated/α-hetero) is 1. The van der Waals surface area contributed by atoms with Crippen LogP contribution in [-0.2, 0) is 16.8 Å². The summed E-state index contributed by atoms with van der Waals surface area (Å²) in [5, 5.41) is 20.5. The Morgan fingerprint density at radius 1 is 1.15 bits per heavy atom. The number of ether oxygens (including phenoxy) is 2. The summed E-state index contributed by atoms with van der Waals surface area (Å²) in [6.45, 7) is 10.4. The first kappa shape index (κ1) is 28.9. The standard InChI is InChI=1S/C30H38N4O6/c1-6-39-25-14-19-16-34(28(31)20(19)15-21(25)29(38)32-5)17-24(35)18-12-22(30(2,3)4)27-23(13-18)33(10-11-40-27)9-7-8-26(36)37/h12-15,31H,6-11,16-17H2,1-5H3,(H,32,38)(H,36,37). The number of hydrogen-bond acceptors (Lipinski definition) is 7. The lowest BCUT2D eigenvalue weighted by Gasteiger charge is -2.35. The van der Waals surface area contributed by atoms with Gasteiger partial charge in [0.2, 0.25) is 0 Å². The number of aliphatic carboxylic acids is 1. The number of carboxylic acid groups (broad SMARTS) is 1. The van der Waals surface area contributed by atoms with Crippen molar-refractivity contribution in [2.45, 2.75) is 52.5 Å². The van der Waals surface area contributed by atoms with Gasteiger partial charge in [-0.1, -0.05) is 20.8 Å². The van der Waals surface area contributed by atoms with E-state index in [-0.39, 0.29) is 35.9 Å². The van der Waals surface area contributed by atoms with Crippen molar-refractivity contribution < 1.29 is 29.0 Å². The third-order valence-corrected chi connectivity index (χ3v) is 7.21. The van der Waals surface area contributed by atoms with E-state index in [1.54, 1.807) is 24.1 Å². The van der Waals surface area contributed by atoms with Crippen LogP contribution in [-0.4, -0.2) is 73.4 Å². The highest BCUT2D eigenvalue weighted by Gasteiger charge is 2.32. The van der Waals surface area contributed by atoms with E-state index < -0.39 is 5.97 Å². The number of carboxylic acids is 1. The van der Waals surface area contributed by atoms with E-state index in [4.69, 9.17) is 20.0 Å². The Morgan fingerprint density at radius 2 is 1.90 bits per heavy atom. The quantitative estimate of drug-likeness (QED) is 0.380. The molecule has 0 aliphatic carbocycles. The number of rotatable bonds is 10. The van der Waals surface area contributed by atoms with Crippen molar-refractivity contribution in [1.29, 1.82) is 5.41 Å². The van der Waals surface area contributed by atoms with Gasteiger partial charge in [0, 0.05) is 43.2 Å². The number of nitrogens with zero attached hydrogens (tertiary/aromatic N) is 2. The monoisotopic (exact) mass is 550 g/mol. The van der Waals surface area contributed by atoms with E-state index in [0.717, 1.165) is 22.6 Å². The summed E-state index contributed by atoms with van der Waals surface area (Å²) in [7, 11) is 1.55. The summed E-state index contributed by atoms with van der Waals surface area (Å²) in [6, 6.07) is 7.16. The van der Waals surface area contributed by atoms with Gasteiger partial charge < -0.3 is 29.7 Å². The third kappa shape index (κ3) is 5.90. The van der Waals surface area contributed by atoms with Gasteiger partial charge in [-0.05, 0) is 48.6 Å². The fraction of sp³-hybridized carbons (Fsp3) is 0.467. The Labute approximate surface area is 234 Å². The van der Waals surface area contributed by atoms with E-state index in [0.29, 0.717) is 61.7 Å². The molecule has 2 aromatic rings. The highest BCUT2D eigenvalue weighted by atomic mass is 16.5. The molecule has 2 heterocycles. The van der Waals surface area contributed by atoms with Crippen LogP contribution in [0.25, 0.3) is 0 Å². The lowest BCUT2D eigenvalue weighted by molar-refractivity contribution is -0.137. The fourth-order valence-electron chi connectivity index (χ4n) is 5.16. The van der Waals surface area contributed by atoms with Crippen LogP contribution in [0.1, 0.15) is 77.9 Å². The maximum absolute atomic E-state index is 13.7. The van der Waals surface area contributed by atoms with Gasteiger partial charge in [-0.25, -0.2) is 0 Å². The summed E-state index contributed by atoms with van der Waals surface area (Å²) in [4.78, 5) is 41.0. The number of hydrogen-bond donors (Lipinski definition) is 3. The number of amidine groups is 1. The predicted molar refractivity (Wildman–Crippen MR) is 152 cm³/mol. The maximum atomic E-state index is 13.7. The molecule has 0 unspecified atom stereocenters. The molecule has 0 saturated carbocycles. The second-order valence-electron chi connectivity index (χ2n) is 11.1. The lowest BCUT2D eigenvalue weighted by atomic mass is 9.84. The van der Waals surface area contributed by atoms with Crippen molar-refractivity contribution in [3.8, 4) is 11.5 Å². The minimum atomic E-state index is -0.835. The Kier molecular flexibility index (Phi) is 8.37. The number of benzene rings is 2. The SMILES string of the molecule is CCOc1cc2c(cc1C(=O)NC)C(=N)N(CC(=O)c1cc3c(c(C(C)(C)C)c1)OCCN3CCCC(=O)O)C2. The molecule has 2 aliphatic rings. The van der Waals surface area contributed by atoms with Gasteiger partial charge in [-0.15, -0.1) is 0 Å². The summed E-state index contributed by atoms with van der Waals surface area (Å²) in [5.74, 6) is 0.0963. The highest BCUT2D eigenvalue weighted by Crippen LogP contribution is 2.42. The van der Waals surface area contributed by atoms with Gasteiger partial charge in [0.15, 0.2) is 5.78 Å². The molecule has 3 N–H and O–H groups in total. The van der Waals surface area contributed by atoms with Crippen LogP contribution >= 0.6 is 0 Å². The molecule has 10 heteroatoms. The third-order valence-electron chi connectivity index (χ3n) is 7.21. The smallest absolute Gasteiger partial charge is 0.303 e. The molecule has 4 rings (SSSR count). The second-order valence-corrected chi connectivity index (χ2v) is 11.1. The number of nitrogens with one attached hydrogen (secondary N) is 2. The zero-order chi connectivity index (χ0) is 29.2. The van der Waals surface area contributed by atoms with Crippen LogP contribution in [0.4, 0.5) is 5.69 Å². The first-order valence-corrected chi connectivity index (χ1v) is 13.6. The highest BCUT2D eigenvalue weighted by molar-refractivity contribution is 6.08. The predicted octanol–water partition coefficient (Wildman–Crippen LogP) is 3.83. The molecule has 214 valence electrons. The topological polar surface area (TPSA) is 132 Å². The molecule has 1 amide bonds. The zero-order valence-corrected chi connectivity index (χ0v) is 23.8. The summed E-state index contributed by atoms with van der Waals surface area (Å²) in [6.07, 6.45) is 0.560. The molecule has 2 aliphatic heterocycles. The molecule has 0 saturated heterocycles. The van der Waals surface area contributed by atoms with Crippen molar-refractivity contribution in [3.63, 3.8) is 0 Å². The van der Waals surface area contributed by atoms with Crippen molar-refractivity contribution >= 4 is 29.2 Å². The van der Waals surface area contributed by atoms with Gasteiger partial charge in [0.1, 0.15) is 23.9 Å². The molecular formula is C30H38N4O6. The minimum absolute atomic E-state index is 0.00493. The number of fused-ring (bicyclic) bond motifs is 2. The summed E-state index contributed by atoms with van der Waals surface area (Å²) < 4.78 is 11.8. The van der Waals surface area contributed by atoms with Crippen molar-refractivity contribution in [2.75, 3.05) is 44.8 Å². The number of anilines is 1. The minimum Gasteiger partial charge on any atom is -0.493 e. The second kappa shape index (κ2) is 11.6. The normalized spacial score (nSPS) is 14.4. The molecule has 10 nitrogen and oxygen atoms in total. The maximum Gasteiger partial charge on any atom is 0.303 e. The molecule has 0 bridgehead atoms. The Balaban J connectivity index is 1.62. The number of ketones is 1. The lowest BCUT2D eigenvalue weighted by Crippen LogP contribution is -2.35. The Morgan fingerprint density at radius 3 is 2.55 bits per heavy atom. The van der Waals surface area contributed by atoms with Crippen LogP contribution in [0.15, 0.2) is 24.3 Å². The Bertz CT molecular complexity index is 1350. The van der Waals surface area contributed by atoms with Gasteiger partial charge in [0.25, 0.3) is 5.91 Å². The van der Waals surface area contributed by atoms with Crippen molar-refractivity contribution in [2.24, 2.45) is 0 Å². The molecule has 0 aromatic heterocycles. The molecular weight excluding hydrogens is 512 g/mol. The average molecular weight is 551 g/mol. The average Bonchev–Trinajstić information content (AvgIpc) is 3.20. The van der Waals surface area contributed by atoms with Crippen LogP contribution in [0, 0.1) is 5.41 Å². The number of carbonyl (C=O) groups excluding carboxylic acids is 2. The van der Waals surface area contributed by atoms with Gasteiger partial charge in [-0.3, -0.25) is 19.8 Å². The van der Waals surface area contributed by atoms with E-state index in [1.807, 2.05) is 19.1 Å². The van der Waals surface area contributed by atoms with E-state index in [2.05, 4.69) is 31.0 Å². The summed E-state index contributed by atoms with van der Waals surface area (Å²) in [5.41, 5.74) is 3.71. The molecule has 2 aromatic carbocycles. The molecule has 0 atom stereocenters. The molecule has 40 heavy (non-hydrogen) atoms. The molecule has 0 spiro atoms. The van der Waals surface area contributed by atoms with E-state index in [9.17, 15) is 14.4 Å². The van der Waals surface area contributed by atoms with Gasteiger partial charge >= 0.3 is 5.97 Å². The zero-order valence-electron chi connectivity index (χ0n) is 23.8. The number of carbonyl (C=O) groups is 3. The first-order chi connectivity index (χ1) is 18.9. The van der Waals surface area contributed by atoms with Crippen molar-refractivity contribution in [3.05, 3.63) is 52.1 Å². The Hall–Kier alpha value is -4.08. The van der Waals surface area contributed by atoms with Crippen LogP contribution in [0.2, 0.25) is 0 Å².